The molecule has 2 rings (SSSR count). The van der Waals surface area contributed by atoms with Crippen LogP contribution in [-0.4, -0.2) is 35.6 Å². The Balaban J connectivity index is 1.96. The summed E-state index contributed by atoms with van der Waals surface area (Å²) in [5.74, 6) is -0.254. The Bertz CT molecular complexity index is 329. The van der Waals surface area contributed by atoms with Gasteiger partial charge in [0.15, 0.2) is 0 Å². The standard InChI is InChI=1S/C11H16FN3/c1-9-7-15(3-2-14-9)8-10-4-11(12)6-13-5-10/h4-6,9,14H,2-3,7-8H2,1H3/t9-/m0/s1. The summed E-state index contributed by atoms with van der Waals surface area (Å²) in [6.45, 7) is 5.98. The molecule has 1 aromatic rings. The summed E-state index contributed by atoms with van der Waals surface area (Å²) in [5.41, 5.74) is 0.948. The van der Waals surface area contributed by atoms with Crippen LogP contribution in [0.1, 0.15) is 12.5 Å². The molecule has 0 unspecified atom stereocenters. The van der Waals surface area contributed by atoms with Gasteiger partial charge in [-0.05, 0) is 18.6 Å². The Kier molecular flexibility index (Phi) is 3.28. The van der Waals surface area contributed by atoms with Crippen LogP contribution in [0.15, 0.2) is 18.5 Å². The number of pyridine rings is 1. The SMILES string of the molecule is C[C@H]1CN(Cc2cncc(F)c2)CCN1. The highest BCUT2D eigenvalue weighted by atomic mass is 19.1. The Morgan fingerprint density at radius 3 is 3.20 bits per heavy atom. The van der Waals surface area contributed by atoms with E-state index in [-0.39, 0.29) is 5.82 Å². The fourth-order valence-electron chi connectivity index (χ4n) is 1.96. The molecule has 1 atom stereocenters. The van der Waals surface area contributed by atoms with Crippen molar-refractivity contribution in [2.75, 3.05) is 19.6 Å². The van der Waals surface area contributed by atoms with Gasteiger partial charge in [-0.25, -0.2) is 4.39 Å². The number of nitrogens with zero attached hydrogens (tertiary/aromatic N) is 2. The number of aromatic nitrogens is 1. The molecule has 0 amide bonds. The van der Waals surface area contributed by atoms with Crippen LogP contribution in [-0.2, 0) is 6.54 Å². The van der Waals surface area contributed by atoms with E-state index in [1.807, 2.05) is 0 Å². The highest BCUT2D eigenvalue weighted by Crippen LogP contribution is 2.07. The Hall–Kier alpha value is -1.00. The van der Waals surface area contributed by atoms with Crippen molar-refractivity contribution in [2.24, 2.45) is 0 Å². The fourth-order valence-corrected chi connectivity index (χ4v) is 1.96. The first-order chi connectivity index (χ1) is 7.24. The average molecular weight is 209 g/mol. The van der Waals surface area contributed by atoms with E-state index in [9.17, 15) is 4.39 Å². The van der Waals surface area contributed by atoms with Gasteiger partial charge in [0.1, 0.15) is 5.82 Å². The van der Waals surface area contributed by atoms with E-state index in [1.54, 1.807) is 12.3 Å². The lowest BCUT2D eigenvalue weighted by atomic mass is 10.2. The molecule has 0 radical (unpaired) electrons. The third-order valence-electron chi connectivity index (χ3n) is 2.62. The summed E-state index contributed by atoms with van der Waals surface area (Å²) in [7, 11) is 0. The van der Waals surface area contributed by atoms with Gasteiger partial charge in [0.25, 0.3) is 0 Å². The molecule has 1 fully saturated rings. The molecule has 82 valence electrons. The van der Waals surface area contributed by atoms with E-state index in [2.05, 4.69) is 22.1 Å². The average Bonchev–Trinajstić information content (AvgIpc) is 2.17. The zero-order valence-electron chi connectivity index (χ0n) is 8.91. The normalized spacial score (nSPS) is 22.9. The minimum Gasteiger partial charge on any atom is -0.312 e. The van der Waals surface area contributed by atoms with Crippen molar-refractivity contribution in [1.29, 1.82) is 0 Å². The first-order valence-electron chi connectivity index (χ1n) is 5.29. The molecule has 0 aliphatic carbocycles. The van der Waals surface area contributed by atoms with E-state index in [1.165, 1.54) is 6.20 Å². The summed E-state index contributed by atoms with van der Waals surface area (Å²) < 4.78 is 12.9. The second-order valence-corrected chi connectivity index (χ2v) is 4.10. The molecule has 0 bridgehead atoms. The van der Waals surface area contributed by atoms with Gasteiger partial charge >= 0.3 is 0 Å². The Labute approximate surface area is 89.3 Å². The van der Waals surface area contributed by atoms with Crippen molar-refractivity contribution in [3.05, 3.63) is 29.8 Å². The lowest BCUT2D eigenvalue weighted by Gasteiger charge is -2.31. The minimum atomic E-state index is -0.254. The number of rotatable bonds is 2. The second kappa shape index (κ2) is 4.68. The van der Waals surface area contributed by atoms with Crippen LogP contribution in [0.2, 0.25) is 0 Å². The number of hydrogen-bond acceptors (Lipinski definition) is 3. The summed E-state index contributed by atoms with van der Waals surface area (Å²) in [6, 6.07) is 2.07. The zero-order valence-corrected chi connectivity index (χ0v) is 8.91. The first-order valence-corrected chi connectivity index (χ1v) is 5.29. The van der Waals surface area contributed by atoms with E-state index in [0.29, 0.717) is 6.04 Å². The summed E-state index contributed by atoms with van der Waals surface area (Å²) in [4.78, 5) is 6.17. The van der Waals surface area contributed by atoms with Crippen molar-refractivity contribution in [2.45, 2.75) is 19.5 Å². The van der Waals surface area contributed by atoms with Crippen LogP contribution in [0, 0.1) is 5.82 Å². The molecule has 0 aromatic carbocycles. The van der Waals surface area contributed by atoms with Gasteiger partial charge < -0.3 is 5.32 Å². The zero-order chi connectivity index (χ0) is 10.7. The van der Waals surface area contributed by atoms with E-state index >= 15 is 0 Å². The smallest absolute Gasteiger partial charge is 0.141 e. The van der Waals surface area contributed by atoms with Gasteiger partial charge in [0.2, 0.25) is 0 Å². The van der Waals surface area contributed by atoms with Crippen LogP contribution in [0.3, 0.4) is 0 Å². The molecule has 0 spiro atoms. The maximum Gasteiger partial charge on any atom is 0.141 e. The Morgan fingerprint density at radius 2 is 2.47 bits per heavy atom. The van der Waals surface area contributed by atoms with Gasteiger partial charge in [0, 0.05) is 38.4 Å². The third-order valence-corrected chi connectivity index (χ3v) is 2.62. The minimum absolute atomic E-state index is 0.254. The number of hydrogen-bond donors (Lipinski definition) is 1. The van der Waals surface area contributed by atoms with Gasteiger partial charge in [-0.15, -0.1) is 0 Å². The maximum absolute atomic E-state index is 12.9. The maximum atomic E-state index is 12.9. The third kappa shape index (κ3) is 2.97. The topological polar surface area (TPSA) is 28.2 Å². The highest BCUT2D eigenvalue weighted by Gasteiger charge is 2.15. The number of halogens is 1. The van der Waals surface area contributed by atoms with Gasteiger partial charge in [-0.2, -0.15) is 0 Å². The first kappa shape index (κ1) is 10.5. The van der Waals surface area contributed by atoms with Crippen LogP contribution in [0.4, 0.5) is 4.39 Å². The van der Waals surface area contributed by atoms with Crippen LogP contribution in [0.5, 0.6) is 0 Å². The summed E-state index contributed by atoms with van der Waals surface area (Å²) in [5, 5.41) is 3.38. The quantitative estimate of drug-likeness (QED) is 0.788. The lowest BCUT2D eigenvalue weighted by molar-refractivity contribution is 0.199. The van der Waals surface area contributed by atoms with Crippen molar-refractivity contribution >= 4 is 0 Å². The molecule has 1 aliphatic heterocycles. The van der Waals surface area contributed by atoms with Crippen LogP contribution < -0.4 is 5.32 Å². The molecule has 2 heterocycles. The van der Waals surface area contributed by atoms with Crippen molar-refractivity contribution < 1.29 is 4.39 Å². The molecular formula is C11H16FN3. The molecule has 4 heteroatoms. The molecule has 0 saturated carbocycles. The molecule has 15 heavy (non-hydrogen) atoms. The van der Waals surface area contributed by atoms with Crippen molar-refractivity contribution in [1.82, 2.24) is 15.2 Å². The molecule has 3 nitrogen and oxygen atoms in total. The van der Waals surface area contributed by atoms with Crippen LogP contribution >= 0.6 is 0 Å². The summed E-state index contributed by atoms with van der Waals surface area (Å²) >= 11 is 0. The molecule has 1 saturated heterocycles. The fraction of sp³-hybridized carbons (Fsp3) is 0.545. The molecular weight excluding hydrogens is 193 g/mol. The van der Waals surface area contributed by atoms with Gasteiger partial charge in [-0.3, -0.25) is 9.88 Å². The van der Waals surface area contributed by atoms with E-state index < -0.39 is 0 Å². The Morgan fingerprint density at radius 1 is 1.60 bits per heavy atom. The summed E-state index contributed by atoms with van der Waals surface area (Å²) in [6.07, 6.45) is 2.97. The van der Waals surface area contributed by atoms with E-state index in [4.69, 9.17) is 0 Å². The molecule has 1 aliphatic rings. The number of piperazine rings is 1. The monoisotopic (exact) mass is 209 g/mol. The van der Waals surface area contributed by atoms with Crippen LogP contribution in [0.25, 0.3) is 0 Å². The highest BCUT2D eigenvalue weighted by molar-refractivity contribution is 5.10. The predicted octanol–water partition coefficient (Wildman–Crippen LogP) is 1.01. The molecule has 1 N–H and O–H groups in total. The van der Waals surface area contributed by atoms with Crippen molar-refractivity contribution in [3.8, 4) is 0 Å². The van der Waals surface area contributed by atoms with Gasteiger partial charge in [0.05, 0.1) is 6.20 Å². The van der Waals surface area contributed by atoms with E-state index in [0.717, 1.165) is 31.7 Å². The second-order valence-electron chi connectivity index (χ2n) is 4.10. The van der Waals surface area contributed by atoms with Gasteiger partial charge in [-0.1, -0.05) is 0 Å². The number of nitrogens with one attached hydrogen (secondary N) is 1. The largest absolute Gasteiger partial charge is 0.312 e. The molecule has 1 aromatic heterocycles. The lowest BCUT2D eigenvalue weighted by Crippen LogP contribution is -2.48. The predicted molar refractivity (Wildman–Crippen MR) is 56.9 cm³/mol. The van der Waals surface area contributed by atoms with Crippen molar-refractivity contribution in [3.63, 3.8) is 0 Å².